The van der Waals surface area contributed by atoms with E-state index in [1.54, 1.807) is 13.8 Å². The number of rotatable bonds is 9. The van der Waals surface area contributed by atoms with Crippen molar-refractivity contribution < 1.29 is 29.6 Å². The van der Waals surface area contributed by atoms with Crippen LogP contribution >= 0.6 is 0 Å². The van der Waals surface area contributed by atoms with Gasteiger partial charge in [0, 0.05) is 0 Å². The van der Waals surface area contributed by atoms with Crippen LogP contribution in [0.25, 0.3) is 0 Å². The Morgan fingerprint density at radius 1 is 0.750 bits per heavy atom. The summed E-state index contributed by atoms with van der Waals surface area (Å²) in [6.45, 7) is 15.6. The lowest BCUT2D eigenvalue weighted by Gasteiger charge is -2.29. The van der Waals surface area contributed by atoms with E-state index in [2.05, 4.69) is 0 Å². The third-order valence-electron chi connectivity index (χ3n) is 3.65. The highest BCUT2D eigenvalue weighted by atomic mass is 17.2. The molecule has 142 valence electrons. The molecule has 4 unspecified atom stereocenters. The molecule has 0 aliphatic rings. The Morgan fingerprint density at radius 2 is 1.00 bits per heavy atom. The molecule has 0 rings (SSSR count). The molecular weight excluding hydrogens is 312 g/mol. The number of carbonyl (C=O) groups is 2. The van der Waals surface area contributed by atoms with Crippen molar-refractivity contribution in [1.29, 1.82) is 0 Å². The van der Waals surface area contributed by atoms with E-state index in [0.29, 0.717) is 12.8 Å². The minimum atomic E-state index is -1.20. The molecule has 0 aliphatic carbocycles. The summed E-state index contributed by atoms with van der Waals surface area (Å²) < 4.78 is 0. The second-order valence-corrected chi connectivity index (χ2v) is 9.19. The first kappa shape index (κ1) is 22.9. The summed E-state index contributed by atoms with van der Waals surface area (Å²) in [5, 5.41) is 18.7. The summed E-state index contributed by atoms with van der Waals surface area (Å²) in [7, 11) is 0. The van der Waals surface area contributed by atoms with Gasteiger partial charge in [-0.3, -0.25) is 0 Å². The summed E-state index contributed by atoms with van der Waals surface area (Å²) in [6, 6.07) is 0. The summed E-state index contributed by atoms with van der Waals surface area (Å²) in [4.78, 5) is 33.1. The molecule has 0 bridgehead atoms. The third kappa shape index (κ3) is 9.23. The van der Waals surface area contributed by atoms with Gasteiger partial charge in [-0.05, 0) is 35.5 Å². The fraction of sp³-hybridized carbons (Fsp3) is 0.889. The second-order valence-electron chi connectivity index (χ2n) is 9.19. The molecule has 0 saturated carbocycles. The minimum absolute atomic E-state index is 0.0673. The summed E-state index contributed by atoms with van der Waals surface area (Å²) in [6.07, 6.45) is -1.17. The topological polar surface area (TPSA) is 93.1 Å². The fourth-order valence-corrected chi connectivity index (χ4v) is 3.02. The maximum Gasteiger partial charge on any atom is 0.336 e. The summed E-state index contributed by atoms with van der Waals surface area (Å²) >= 11 is 0. The maximum atomic E-state index is 11.5. The first-order valence-electron chi connectivity index (χ1n) is 8.42. The molecule has 0 aromatic carbocycles. The Hall–Kier alpha value is -1.14. The molecule has 4 atom stereocenters. The van der Waals surface area contributed by atoms with Crippen LogP contribution in [0.3, 0.4) is 0 Å². The summed E-state index contributed by atoms with van der Waals surface area (Å²) in [5.74, 6) is -2.93. The standard InChI is InChI=1S/C18H34O6/c1-11(9-17(3,4)5)13(15(19)20)23-24-14(16(21)22)12(2)10-18(6,7)8/h11-14H,9-10H2,1-8H3,(H,19,20)(H,21,22). The number of aliphatic carboxylic acids is 2. The molecule has 0 spiro atoms. The summed E-state index contributed by atoms with van der Waals surface area (Å²) in [5.41, 5.74) is -0.135. The van der Waals surface area contributed by atoms with Crippen LogP contribution in [0, 0.1) is 22.7 Å². The predicted octanol–water partition coefficient (Wildman–Crippen LogP) is 3.99. The van der Waals surface area contributed by atoms with E-state index in [9.17, 15) is 19.8 Å². The van der Waals surface area contributed by atoms with E-state index in [1.807, 2.05) is 41.5 Å². The normalized spacial score (nSPS) is 17.8. The Morgan fingerprint density at radius 3 is 1.17 bits per heavy atom. The molecule has 0 saturated heterocycles. The van der Waals surface area contributed by atoms with Crippen molar-refractivity contribution in [3.63, 3.8) is 0 Å². The van der Waals surface area contributed by atoms with Crippen molar-refractivity contribution in [3.8, 4) is 0 Å². The molecule has 0 heterocycles. The monoisotopic (exact) mass is 346 g/mol. The highest BCUT2D eigenvalue weighted by molar-refractivity contribution is 5.73. The van der Waals surface area contributed by atoms with E-state index in [1.165, 1.54) is 0 Å². The average molecular weight is 346 g/mol. The molecule has 2 N–H and O–H groups in total. The molecule has 24 heavy (non-hydrogen) atoms. The Balaban J connectivity index is 4.96. The van der Waals surface area contributed by atoms with E-state index in [0.717, 1.165) is 0 Å². The van der Waals surface area contributed by atoms with Crippen LogP contribution in [0.5, 0.6) is 0 Å². The van der Waals surface area contributed by atoms with Gasteiger partial charge in [0.2, 0.25) is 0 Å². The number of hydrogen-bond acceptors (Lipinski definition) is 4. The van der Waals surface area contributed by atoms with Crippen molar-refractivity contribution in [2.24, 2.45) is 22.7 Å². The van der Waals surface area contributed by atoms with Crippen molar-refractivity contribution in [2.75, 3.05) is 0 Å². The van der Waals surface area contributed by atoms with E-state index in [4.69, 9.17) is 9.78 Å². The lowest BCUT2D eigenvalue weighted by Crippen LogP contribution is -2.39. The molecule has 0 fully saturated rings. The van der Waals surface area contributed by atoms with Gasteiger partial charge in [0.15, 0.2) is 12.2 Å². The maximum absolute atomic E-state index is 11.5. The van der Waals surface area contributed by atoms with Gasteiger partial charge in [0.05, 0.1) is 0 Å². The highest BCUT2D eigenvalue weighted by Crippen LogP contribution is 2.30. The van der Waals surface area contributed by atoms with Gasteiger partial charge in [-0.25, -0.2) is 19.4 Å². The van der Waals surface area contributed by atoms with Gasteiger partial charge in [-0.2, -0.15) is 0 Å². The Labute approximate surface area is 145 Å². The van der Waals surface area contributed by atoms with Crippen LogP contribution in [0.1, 0.15) is 68.2 Å². The van der Waals surface area contributed by atoms with Gasteiger partial charge >= 0.3 is 11.9 Å². The zero-order valence-electron chi connectivity index (χ0n) is 16.3. The first-order valence-corrected chi connectivity index (χ1v) is 8.42. The largest absolute Gasteiger partial charge is 0.479 e. The van der Waals surface area contributed by atoms with Crippen molar-refractivity contribution in [2.45, 2.75) is 80.4 Å². The smallest absolute Gasteiger partial charge is 0.336 e. The molecule has 0 aliphatic heterocycles. The predicted molar refractivity (Wildman–Crippen MR) is 91.5 cm³/mol. The lowest BCUT2D eigenvalue weighted by molar-refractivity contribution is -0.355. The minimum Gasteiger partial charge on any atom is -0.479 e. The van der Waals surface area contributed by atoms with Gasteiger partial charge in [0.25, 0.3) is 0 Å². The zero-order valence-corrected chi connectivity index (χ0v) is 16.3. The van der Waals surface area contributed by atoms with Crippen molar-refractivity contribution in [3.05, 3.63) is 0 Å². The zero-order chi connectivity index (χ0) is 19.3. The van der Waals surface area contributed by atoms with E-state index >= 15 is 0 Å². The van der Waals surface area contributed by atoms with Crippen molar-refractivity contribution in [1.82, 2.24) is 0 Å². The van der Waals surface area contributed by atoms with Gasteiger partial charge in [-0.15, -0.1) is 0 Å². The third-order valence-corrected chi connectivity index (χ3v) is 3.65. The van der Waals surface area contributed by atoms with Crippen LogP contribution in [-0.2, 0) is 19.4 Å². The molecule has 6 heteroatoms. The molecule has 0 aromatic rings. The lowest BCUT2D eigenvalue weighted by atomic mass is 9.83. The first-order chi connectivity index (χ1) is 10.6. The van der Waals surface area contributed by atoms with Gasteiger partial charge in [0.1, 0.15) is 0 Å². The number of carboxylic acids is 2. The Bertz CT molecular complexity index is 378. The van der Waals surface area contributed by atoms with E-state index < -0.39 is 24.1 Å². The van der Waals surface area contributed by atoms with Crippen LogP contribution in [-0.4, -0.2) is 34.4 Å². The van der Waals surface area contributed by atoms with E-state index in [-0.39, 0.29) is 22.7 Å². The van der Waals surface area contributed by atoms with Crippen LogP contribution < -0.4 is 0 Å². The van der Waals surface area contributed by atoms with Crippen LogP contribution in [0.15, 0.2) is 0 Å². The molecule has 6 nitrogen and oxygen atoms in total. The van der Waals surface area contributed by atoms with Crippen molar-refractivity contribution >= 4 is 11.9 Å². The number of hydrogen-bond donors (Lipinski definition) is 2. The van der Waals surface area contributed by atoms with Crippen LogP contribution in [0.2, 0.25) is 0 Å². The molecule has 0 aromatic heterocycles. The number of carboxylic acid groups (broad SMARTS) is 2. The average Bonchev–Trinajstić information content (AvgIpc) is 2.28. The SMILES string of the molecule is CC(CC(C)(C)C)C(OOC(C(=O)O)C(C)CC(C)(C)C)C(=O)O. The quantitative estimate of drug-likeness (QED) is 0.484. The highest BCUT2D eigenvalue weighted by Gasteiger charge is 2.35. The molecular formula is C18H34O6. The molecule has 0 radical (unpaired) electrons. The molecule has 0 amide bonds. The van der Waals surface area contributed by atoms with Gasteiger partial charge < -0.3 is 10.2 Å². The van der Waals surface area contributed by atoms with Gasteiger partial charge in [-0.1, -0.05) is 55.4 Å². The Kier molecular flexibility index (Phi) is 8.39. The van der Waals surface area contributed by atoms with Crippen LogP contribution in [0.4, 0.5) is 0 Å². The second kappa shape index (κ2) is 8.81. The fourth-order valence-electron chi connectivity index (χ4n) is 3.02.